The molecule has 1 saturated carbocycles. The minimum atomic E-state index is -0.547. The zero-order valence-corrected chi connectivity index (χ0v) is 14.3. The third kappa shape index (κ3) is 5.23. The Balaban J connectivity index is 2.01. The monoisotopic (exact) mass is 338 g/mol. The standard InChI is InChI=1S/C17H23FN2O2S/c1-3-23-14-6-4-5-13(10-14)20-17(22)12-7-8-15(18)16(9-12)19-11(2)21/h7-9,13-14H,3-6,10H2,1-2H3,(H,19,21)(H,20,22)/t13-,14-/m1/s1. The molecule has 0 heterocycles. The van der Waals surface area contributed by atoms with Crippen molar-refractivity contribution in [1.29, 1.82) is 0 Å². The molecule has 0 aromatic heterocycles. The van der Waals surface area contributed by atoms with Crippen molar-refractivity contribution in [2.24, 2.45) is 0 Å². The summed E-state index contributed by atoms with van der Waals surface area (Å²) in [6.45, 7) is 3.45. The van der Waals surface area contributed by atoms with E-state index in [1.54, 1.807) is 0 Å². The summed E-state index contributed by atoms with van der Waals surface area (Å²) in [6.07, 6.45) is 4.27. The van der Waals surface area contributed by atoms with Gasteiger partial charge in [0, 0.05) is 23.8 Å². The molecule has 126 valence electrons. The second-order valence-electron chi connectivity index (χ2n) is 5.79. The lowest BCUT2D eigenvalue weighted by Crippen LogP contribution is -2.39. The molecule has 2 amide bonds. The Hall–Kier alpha value is -1.56. The second-order valence-corrected chi connectivity index (χ2v) is 7.37. The molecule has 2 rings (SSSR count). The van der Waals surface area contributed by atoms with Gasteiger partial charge in [-0.1, -0.05) is 13.3 Å². The average Bonchev–Trinajstić information content (AvgIpc) is 2.49. The smallest absolute Gasteiger partial charge is 0.251 e. The molecule has 0 aliphatic heterocycles. The van der Waals surface area contributed by atoms with E-state index >= 15 is 0 Å². The molecule has 1 aromatic carbocycles. The van der Waals surface area contributed by atoms with Gasteiger partial charge in [0.1, 0.15) is 5.82 Å². The topological polar surface area (TPSA) is 58.2 Å². The van der Waals surface area contributed by atoms with Crippen LogP contribution < -0.4 is 10.6 Å². The summed E-state index contributed by atoms with van der Waals surface area (Å²) in [5.74, 6) is -0.0469. The molecule has 1 fully saturated rings. The molecule has 2 N–H and O–H groups in total. The number of benzene rings is 1. The van der Waals surface area contributed by atoms with E-state index < -0.39 is 5.82 Å². The molecular formula is C17H23FN2O2S. The highest BCUT2D eigenvalue weighted by atomic mass is 32.2. The van der Waals surface area contributed by atoms with E-state index in [4.69, 9.17) is 0 Å². The molecule has 0 bridgehead atoms. The Labute approximate surface area is 140 Å². The van der Waals surface area contributed by atoms with E-state index in [0.29, 0.717) is 10.8 Å². The fraction of sp³-hybridized carbons (Fsp3) is 0.529. The Morgan fingerprint density at radius 2 is 2.13 bits per heavy atom. The number of anilines is 1. The normalized spacial score (nSPS) is 20.8. The van der Waals surface area contributed by atoms with Crippen molar-refractivity contribution in [2.75, 3.05) is 11.1 Å². The van der Waals surface area contributed by atoms with Crippen LogP contribution >= 0.6 is 11.8 Å². The highest BCUT2D eigenvalue weighted by Gasteiger charge is 2.23. The highest BCUT2D eigenvalue weighted by molar-refractivity contribution is 7.99. The van der Waals surface area contributed by atoms with Crippen molar-refractivity contribution in [2.45, 2.75) is 50.8 Å². The first-order chi connectivity index (χ1) is 11.0. The SMILES string of the molecule is CCS[C@@H]1CCC[C@@H](NC(=O)c2ccc(F)c(NC(C)=O)c2)C1. The zero-order valence-electron chi connectivity index (χ0n) is 13.5. The van der Waals surface area contributed by atoms with E-state index in [2.05, 4.69) is 17.6 Å². The number of amides is 2. The number of carbonyl (C=O) groups excluding carboxylic acids is 2. The molecule has 2 atom stereocenters. The maximum Gasteiger partial charge on any atom is 0.251 e. The Bertz CT molecular complexity index is 578. The molecule has 1 aromatic rings. The van der Waals surface area contributed by atoms with Gasteiger partial charge in [-0.2, -0.15) is 11.8 Å². The predicted octanol–water partition coefficient (Wildman–Crippen LogP) is 3.58. The summed E-state index contributed by atoms with van der Waals surface area (Å²) < 4.78 is 13.6. The maximum absolute atomic E-state index is 13.6. The molecule has 0 unspecified atom stereocenters. The number of nitrogens with one attached hydrogen (secondary N) is 2. The quantitative estimate of drug-likeness (QED) is 0.863. The minimum Gasteiger partial charge on any atom is -0.349 e. The van der Waals surface area contributed by atoms with Crippen LogP contribution in [-0.2, 0) is 4.79 Å². The van der Waals surface area contributed by atoms with Crippen molar-refractivity contribution >= 4 is 29.3 Å². The highest BCUT2D eigenvalue weighted by Crippen LogP contribution is 2.28. The molecule has 4 nitrogen and oxygen atoms in total. The summed E-state index contributed by atoms with van der Waals surface area (Å²) in [6, 6.07) is 4.19. The van der Waals surface area contributed by atoms with E-state index in [1.165, 1.54) is 31.5 Å². The van der Waals surface area contributed by atoms with Gasteiger partial charge in [0.2, 0.25) is 5.91 Å². The van der Waals surface area contributed by atoms with Crippen LogP contribution in [0.4, 0.5) is 10.1 Å². The number of halogens is 1. The Morgan fingerprint density at radius 1 is 1.35 bits per heavy atom. The van der Waals surface area contributed by atoms with Gasteiger partial charge in [0.15, 0.2) is 0 Å². The number of rotatable bonds is 5. The van der Waals surface area contributed by atoms with Crippen molar-refractivity contribution < 1.29 is 14.0 Å². The molecule has 23 heavy (non-hydrogen) atoms. The largest absolute Gasteiger partial charge is 0.349 e. The van der Waals surface area contributed by atoms with Gasteiger partial charge in [-0.15, -0.1) is 0 Å². The van der Waals surface area contributed by atoms with Crippen molar-refractivity contribution in [3.05, 3.63) is 29.6 Å². The van der Waals surface area contributed by atoms with Crippen LogP contribution in [-0.4, -0.2) is 28.9 Å². The maximum atomic E-state index is 13.6. The summed E-state index contributed by atoms with van der Waals surface area (Å²) in [5, 5.41) is 6.03. The summed E-state index contributed by atoms with van der Waals surface area (Å²) in [4.78, 5) is 23.5. The van der Waals surface area contributed by atoms with Crippen LogP contribution in [0.5, 0.6) is 0 Å². The number of hydrogen-bond acceptors (Lipinski definition) is 3. The van der Waals surface area contributed by atoms with Crippen LogP contribution in [0.1, 0.15) is 49.9 Å². The van der Waals surface area contributed by atoms with Crippen LogP contribution in [0.3, 0.4) is 0 Å². The molecule has 6 heteroatoms. The first-order valence-corrected chi connectivity index (χ1v) is 9.04. The molecule has 1 aliphatic carbocycles. The number of hydrogen-bond donors (Lipinski definition) is 2. The predicted molar refractivity (Wildman–Crippen MR) is 92.3 cm³/mol. The third-order valence-electron chi connectivity index (χ3n) is 3.90. The van der Waals surface area contributed by atoms with Gasteiger partial charge < -0.3 is 10.6 Å². The van der Waals surface area contributed by atoms with Gasteiger partial charge >= 0.3 is 0 Å². The summed E-state index contributed by atoms with van der Waals surface area (Å²) >= 11 is 1.94. The number of thioether (sulfide) groups is 1. The number of carbonyl (C=O) groups is 2. The molecule has 1 aliphatic rings. The average molecular weight is 338 g/mol. The van der Waals surface area contributed by atoms with E-state index in [9.17, 15) is 14.0 Å². The molecular weight excluding hydrogens is 315 g/mol. The van der Waals surface area contributed by atoms with E-state index in [0.717, 1.165) is 25.0 Å². The van der Waals surface area contributed by atoms with Gasteiger partial charge in [0.25, 0.3) is 5.91 Å². The van der Waals surface area contributed by atoms with Gasteiger partial charge in [-0.3, -0.25) is 9.59 Å². The fourth-order valence-corrected chi connectivity index (χ4v) is 4.06. The Kier molecular flexibility index (Phi) is 6.45. The first-order valence-electron chi connectivity index (χ1n) is 7.99. The van der Waals surface area contributed by atoms with Gasteiger partial charge in [-0.05, 0) is 43.2 Å². The lowest BCUT2D eigenvalue weighted by Gasteiger charge is -2.29. The molecule has 0 radical (unpaired) electrons. The van der Waals surface area contributed by atoms with Gasteiger partial charge in [-0.25, -0.2) is 4.39 Å². The van der Waals surface area contributed by atoms with Crippen LogP contribution in [0, 0.1) is 5.82 Å². The van der Waals surface area contributed by atoms with Crippen molar-refractivity contribution in [3.63, 3.8) is 0 Å². The minimum absolute atomic E-state index is 0.0354. The zero-order chi connectivity index (χ0) is 16.8. The van der Waals surface area contributed by atoms with Crippen LogP contribution in [0.25, 0.3) is 0 Å². The second kappa shape index (κ2) is 8.34. The summed E-state index contributed by atoms with van der Waals surface area (Å²) in [7, 11) is 0. The Morgan fingerprint density at radius 3 is 2.83 bits per heavy atom. The van der Waals surface area contributed by atoms with Gasteiger partial charge in [0.05, 0.1) is 5.69 Å². The van der Waals surface area contributed by atoms with Crippen LogP contribution in [0.2, 0.25) is 0 Å². The van der Waals surface area contributed by atoms with Crippen LogP contribution in [0.15, 0.2) is 18.2 Å². The molecule has 0 spiro atoms. The lowest BCUT2D eigenvalue weighted by molar-refractivity contribution is -0.114. The first kappa shape index (κ1) is 17.8. The molecule has 0 saturated heterocycles. The fourth-order valence-electron chi connectivity index (χ4n) is 2.88. The summed E-state index contributed by atoms with van der Waals surface area (Å²) in [5.41, 5.74) is 0.397. The lowest BCUT2D eigenvalue weighted by atomic mass is 9.94. The van der Waals surface area contributed by atoms with E-state index in [1.807, 2.05) is 11.8 Å². The van der Waals surface area contributed by atoms with E-state index in [-0.39, 0.29) is 23.5 Å². The van der Waals surface area contributed by atoms with Crippen molar-refractivity contribution in [1.82, 2.24) is 5.32 Å². The third-order valence-corrected chi connectivity index (χ3v) is 5.14. The van der Waals surface area contributed by atoms with Crippen molar-refractivity contribution in [3.8, 4) is 0 Å².